The number of halogens is 1. The maximum Gasteiger partial charge on any atom is 0.227 e. The predicted octanol–water partition coefficient (Wildman–Crippen LogP) is 3.57. The van der Waals surface area contributed by atoms with Crippen LogP contribution < -0.4 is 9.80 Å². The minimum atomic E-state index is -0.239. The number of morpholine rings is 1. The lowest BCUT2D eigenvalue weighted by atomic mass is 9.94. The minimum Gasteiger partial charge on any atom is -0.378 e. The van der Waals surface area contributed by atoms with Crippen molar-refractivity contribution in [1.29, 1.82) is 5.26 Å². The van der Waals surface area contributed by atoms with Gasteiger partial charge in [0.15, 0.2) is 0 Å². The van der Waals surface area contributed by atoms with Crippen LogP contribution in [0.2, 0.25) is 5.02 Å². The zero-order valence-electron chi connectivity index (χ0n) is 19.2. The summed E-state index contributed by atoms with van der Waals surface area (Å²) in [5, 5.41) is 11.3. The van der Waals surface area contributed by atoms with Crippen LogP contribution in [0.4, 0.5) is 11.9 Å². The first-order valence-electron chi connectivity index (χ1n) is 11.6. The third-order valence-electron chi connectivity index (χ3n) is 6.57. The molecule has 2 aliphatic heterocycles. The quantitative estimate of drug-likeness (QED) is 0.468. The van der Waals surface area contributed by atoms with E-state index in [1.165, 1.54) is 5.56 Å². The van der Waals surface area contributed by atoms with Gasteiger partial charge in [0.2, 0.25) is 11.9 Å². The molecular weight excluding hydrogens is 464 g/mol. The van der Waals surface area contributed by atoms with Crippen LogP contribution in [0, 0.1) is 18.3 Å². The van der Waals surface area contributed by atoms with Gasteiger partial charge in [-0.1, -0.05) is 11.6 Å². The molecule has 35 heavy (non-hydrogen) atoms. The van der Waals surface area contributed by atoms with E-state index >= 15 is 0 Å². The smallest absolute Gasteiger partial charge is 0.227 e. The molecule has 5 heterocycles. The summed E-state index contributed by atoms with van der Waals surface area (Å²) in [6.07, 6.45) is 4.55. The molecule has 0 saturated carbocycles. The summed E-state index contributed by atoms with van der Waals surface area (Å²) >= 11 is 6.33. The Morgan fingerprint density at radius 2 is 1.89 bits per heavy atom. The normalized spacial score (nSPS) is 17.9. The van der Waals surface area contributed by atoms with Gasteiger partial charge >= 0.3 is 0 Å². The van der Waals surface area contributed by atoms with Crippen molar-refractivity contribution in [1.82, 2.24) is 24.9 Å². The Morgan fingerprint density at radius 3 is 2.66 bits per heavy atom. The lowest BCUT2D eigenvalue weighted by molar-refractivity contribution is 0.122. The van der Waals surface area contributed by atoms with Crippen molar-refractivity contribution in [3.05, 3.63) is 69.9 Å². The zero-order chi connectivity index (χ0) is 23.9. The van der Waals surface area contributed by atoms with Crippen molar-refractivity contribution >= 4 is 34.4 Å². The Balaban J connectivity index is 1.47. The molecule has 1 unspecified atom stereocenters. The van der Waals surface area contributed by atoms with Gasteiger partial charge in [-0.15, -0.1) is 0 Å². The van der Waals surface area contributed by atoms with E-state index < -0.39 is 0 Å². The summed E-state index contributed by atoms with van der Waals surface area (Å²) in [5.41, 5.74) is 5.30. The number of hydrogen-bond donors (Lipinski definition) is 1. The number of hydrogen-bond acceptors (Lipinski definition) is 8. The second-order valence-corrected chi connectivity index (χ2v) is 9.21. The number of H-pyrrole nitrogens is 1. The highest BCUT2D eigenvalue weighted by atomic mass is 35.5. The molecule has 176 valence electrons. The van der Waals surface area contributed by atoms with Crippen LogP contribution in [-0.2, 0) is 11.2 Å². The summed E-state index contributed by atoms with van der Waals surface area (Å²) in [6, 6.07) is 9.51. The average molecular weight is 487 g/mol. The fourth-order valence-corrected chi connectivity index (χ4v) is 5.13. The lowest BCUT2D eigenvalue weighted by Gasteiger charge is -2.36. The van der Waals surface area contributed by atoms with Crippen molar-refractivity contribution in [3.8, 4) is 6.07 Å². The number of benzene rings is 1. The molecule has 1 saturated heterocycles. The van der Waals surface area contributed by atoms with E-state index in [-0.39, 0.29) is 6.04 Å². The van der Waals surface area contributed by atoms with Gasteiger partial charge in [0.1, 0.15) is 17.8 Å². The topological polar surface area (TPSA) is 107 Å². The van der Waals surface area contributed by atoms with E-state index in [0.717, 1.165) is 47.4 Å². The third-order valence-corrected chi connectivity index (χ3v) is 6.81. The van der Waals surface area contributed by atoms with Gasteiger partial charge in [0.25, 0.3) is 0 Å². The largest absolute Gasteiger partial charge is 0.378 e. The maximum absolute atomic E-state index is 9.49. The van der Waals surface area contributed by atoms with Gasteiger partial charge in [-0.2, -0.15) is 5.26 Å². The van der Waals surface area contributed by atoms with E-state index in [9.17, 15) is 5.26 Å². The van der Waals surface area contributed by atoms with Crippen LogP contribution in [0.25, 0.3) is 10.9 Å². The molecule has 9 nitrogen and oxygen atoms in total. The minimum absolute atomic E-state index is 0.239. The molecule has 1 atom stereocenters. The zero-order valence-corrected chi connectivity index (χ0v) is 20.0. The summed E-state index contributed by atoms with van der Waals surface area (Å²) < 4.78 is 5.45. The van der Waals surface area contributed by atoms with Crippen molar-refractivity contribution < 1.29 is 4.74 Å². The molecule has 1 N–H and O–H groups in total. The number of nitrogens with zero attached hydrogens (tertiary/aromatic N) is 7. The number of aromatic nitrogens is 5. The highest BCUT2D eigenvalue weighted by Crippen LogP contribution is 2.40. The van der Waals surface area contributed by atoms with E-state index in [2.05, 4.69) is 30.8 Å². The first-order chi connectivity index (χ1) is 17.1. The van der Waals surface area contributed by atoms with Crippen molar-refractivity contribution in [2.45, 2.75) is 19.4 Å². The third kappa shape index (κ3) is 3.95. The number of fused-ring (bicyclic) bond motifs is 3. The van der Waals surface area contributed by atoms with Gasteiger partial charge in [-0.05, 0) is 43.2 Å². The van der Waals surface area contributed by atoms with E-state index in [4.69, 9.17) is 26.3 Å². The summed E-state index contributed by atoms with van der Waals surface area (Å²) in [7, 11) is 0. The van der Waals surface area contributed by atoms with Crippen LogP contribution >= 0.6 is 11.6 Å². The lowest BCUT2D eigenvalue weighted by Crippen LogP contribution is -2.38. The van der Waals surface area contributed by atoms with Gasteiger partial charge in [0.05, 0.1) is 13.2 Å². The number of ether oxygens (including phenoxy) is 1. The average Bonchev–Trinajstić information content (AvgIpc) is 3.26. The summed E-state index contributed by atoms with van der Waals surface area (Å²) in [5.74, 6) is 1.22. The number of nitriles is 1. The molecule has 2 aliphatic rings. The van der Waals surface area contributed by atoms with Gasteiger partial charge in [-0.3, -0.25) is 0 Å². The molecule has 6 rings (SSSR count). The Morgan fingerprint density at radius 1 is 1.09 bits per heavy atom. The number of nitrogens with one attached hydrogen (secondary N) is 1. The molecule has 4 aromatic rings. The Labute approximate surface area is 207 Å². The first kappa shape index (κ1) is 21.8. The van der Waals surface area contributed by atoms with Gasteiger partial charge < -0.3 is 19.5 Å². The number of rotatable bonds is 3. The van der Waals surface area contributed by atoms with Crippen LogP contribution in [-0.4, -0.2) is 57.8 Å². The fourth-order valence-electron chi connectivity index (χ4n) is 4.96. The fraction of sp³-hybridized carbons (Fsp3) is 0.320. The van der Waals surface area contributed by atoms with E-state index in [0.29, 0.717) is 42.4 Å². The van der Waals surface area contributed by atoms with Crippen molar-refractivity contribution in [2.24, 2.45) is 0 Å². The van der Waals surface area contributed by atoms with Crippen molar-refractivity contribution in [2.75, 3.05) is 42.6 Å². The second-order valence-electron chi connectivity index (χ2n) is 8.78. The SMILES string of the molecule is Cc1cc(C#N)nc(N2CCc3c([nH]c4ccc(Cl)cc34)C2c2cnc(N3CCOCC3)nc2)n1. The Kier molecular flexibility index (Phi) is 5.47. The molecule has 0 amide bonds. The highest BCUT2D eigenvalue weighted by Gasteiger charge is 2.34. The highest BCUT2D eigenvalue weighted by molar-refractivity contribution is 6.31. The molecule has 0 spiro atoms. The maximum atomic E-state index is 9.49. The molecular formula is C25H23ClN8O. The van der Waals surface area contributed by atoms with Crippen LogP contribution in [0.3, 0.4) is 0 Å². The van der Waals surface area contributed by atoms with Gasteiger partial charge in [-0.25, -0.2) is 19.9 Å². The van der Waals surface area contributed by atoms with Crippen LogP contribution in [0.15, 0.2) is 36.7 Å². The van der Waals surface area contributed by atoms with Gasteiger partial charge in [0, 0.05) is 64.9 Å². The summed E-state index contributed by atoms with van der Waals surface area (Å²) in [4.78, 5) is 26.5. The molecule has 10 heteroatoms. The summed E-state index contributed by atoms with van der Waals surface area (Å²) in [6.45, 7) is 5.45. The molecule has 0 aliphatic carbocycles. The van der Waals surface area contributed by atoms with Crippen molar-refractivity contribution in [3.63, 3.8) is 0 Å². The van der Waals surface area contributed by atoms with E-state index in [1.807, 2.05) is 37.5 Å². The molecule has 1 fully saturated rings. The predicted molar refractivity (Wildman–Crippen MR) is 133 cm³/mol. The van der Waals surface area contributed by atoms with Crippen LogP contribution in [0.5, 0.6) is 0 Å². The second kappa shape index (κ2) is 8.80. The number of aryl methyl sites for hydroxylation is 1. The van der Waals surface area contributed by atoms with E-state index in [1.54, 1.807) is 6.07 Å². The number of anilines is 2. The monoisotopic (exact) mass is 486 g/mol. The Hall–Kier alpha value is -3.74. The molecule has 0 bridgehead atoms. The Bertz CT molecular complexity index is 1440. The van der Waals surface area contributed by atoms with Crippen LogP contribution in [0.1, 0.15) is 34.3 Å². The molecule has 3 aromatic heterocycles. The first-order valence-corrected chi connectivity index (χ1v) is 12.0. The standard InChI is InChI=1S/C25H23ClN8O/c1-15-10-18(12-27)31-25(30-15)34-5-4-19-20-11-17(26)2-3-21(20)32-22(19)23(34)16-13-28-24(29-14-16)33-6-8-35-9-7-33/h2-3,10-11,13-14,23,32H,4-9H2,1H3. The number of aromatic amines is 1. The molecule has 0 radical (unpaired) electrons. The molecule has 1 aromatic carbocycles.